The Labute approximate surface area is 295 Å². The number of thioether (sulfide) groups is 3. The van der Waals surface area contributed by atoms with E-state index in [2.05, 4.69) is 150 Å². The van der Waals surface area contributed by atoms with Crippen molar-refractivity contribution in [2.24, 2.45) is 0 Å². The number of ether oxygens (including phenoxy) is 1. The van der Waals surface area contributed by atoms with Crippen molar-refractivity contribution in [1.29, 1.82) is 0 Å². The Balaban J connectivity index is 0.000000410. The SMILES string of the molecule is CCC(C)(CCCOCCCC(C)(CC)SCc1ccccc1)SCc1ccccc1.CCC(C)(CCO)SCc1ccccc1. The van der Waals surface area contributed by atoms with Crippen LogP contribution < -0.4 is 0 Å². The van der Waals surface area contributed by atoms with Crippen LogP contribution in [0.5, 0.6) is 0 Å². The molecule has 0 saturated carbocycles. The predicted molar refractivity (Wildman–Crippen MR) is 210 cm³/mol. The molecular formula is C41H62O2S3. The average molecular weight is 683 g/mol. The molecule has 0 amide bonds. The molecule has 0 aromatic heterocycles. The van der Waals surface area contributed by atoms with Crippen molar-refractivity contribution in [1.82, 2.24) is 0 Å². The summed E-state index contributed by atoms with van der Waals surface area (Å²) in [6.07, 6.45) is 9.14. The lowest BCUT2D eigenvalue weighted by Gasteiger charge is -2.28. The number of hydrogen-bond acceptors (Lipinski definition) is 5. The molecule has 0 aliphatic rings. The molecule has 1 N–H and O–H groups in total. The van der Waals surface area contributed by atoms with E-state index in [1.54, 1.807) is 0 Å². The molecule has 0 spiro atoms. The van der Waals surface area contributed by atoms with Crippen LogP contribution in [-0.2, 0) is 22.0 Å². The zero-order valence-corrected chi connectivity index (χ0v) is 32.1. The minimum absolute atomic E-state index is 0.213. The van der Waals surface area contributed by atoms with Crippen molar-refractivity contribution in [3.63, 3.8) is 0 Å². The molecule has 0 radical (unpaired) electrons. The molecule has 3 unspecified atom stereocenters. The van der Waals surface area contributed by atoms with Crippen LogP contribution in [-0.4, -0.2) is 39.2 Å². The highest BCUT2D eigenvalue weighted by atomic mass is 32.2. The summed E-state index contributed by atoms with van der Waals surface area (Å²) < 4.78 is 6.92. The topological polar surface area (TPSA) is 29.5 Å². The lowest BCUT2D eigenvalue weighted by atomic mass is 10.0. The number of aliphatic hydroxyl groups is 1. The highest BCUT2D eigenvalue weighted by Gasteiger charge is 2.24. The largest absolute Gasteiger partial charge is 0.396 e. The van der Waals surface area contributed by atoms with Gasteiger partial charge in [-0.15, -0.1) is 0 Å². The average Bonchev–Trinajstić information content (AvgIpc) is 3.10. The number of hydrogen-bond donors (Lipinski definition) is 1. The first-order valence-corrected chi connectivity index (χ1v) is 20.4. The molecule has 3 aromatic carbocycles. The first kappa shape index (κ1) is 40.8. The molecule has 0 aliphatic heterocycles. The number of aliphatic hydroxyl groups excluding tert-OH is 1. The Kier molecular flexibility index (Phi) is 20.5. The second-order valence-electron chi connectivity index (χ2n) is 13.0. The van der Waals surface area contributed by atoms with E-state index in [0.29, 0.717) is 9.49 Å². The van der Waals surface area contributed by atoms with E-state index in [0.717, 1.165) is 56.2 Å². The molecule has 3 atom stereocenters. The van der Waals surface area contributed by atoms with Crippen molar-refractivity contribution in [3.8, 4) is 0 Å². The maximum atomic E-state index is 9.02. The third kappa shape index (κ3) is 17.2. The van der Waals surface area contributed by atoms with E-state index in [1.807, 2.05) is 17.8 Å². The van der Waals surface area contributed by atoms with Crippen LogP contribution in [0, 0.1) is 0 Å². The van der Waals surface area contributed by atoms with Gasteiger partial charge in [-0.2, -0.15) is 35.3 Å². The minimum atomic E-state index is 0.213. The molecule has 3 rings (SSSR count). The Morgan fingerprint density at radius 3 is 1.09 bits per heavy atom. The van der Waals surface area contributed by atoms with Crippen LogP contribution in [0.25, 0.3) is 0 Å². The summed E-state index contributed by atoms with van der Waals surface area (Å²) in [6, 6.07) is 32.2. The second-order valence-corrected chi connectivity index (χ2v) is 17.7. The Hall–Kier alpha value is -1.37. The van der Waals surface area contributed by atoms with Gasteiger partial charge in [0.25, 0.3) is 0 Å². The Morgan fingerprint density at radius 1 is 0.500 bits per heavy atom. The van der Waals surface area contributed by atoms with Crippen LogP contribution in [0.15, 0.2) is 91.0 Å². The van der Waals surface area contributed by atoms with E-state index in [-0.39, 0.29) is 11.4 Å². The predicted octanol–water partition coefficient (Wildman–Crippen LogP) is 12.2. The molecular weight excluding hydrogens is 621 g/mol. The summed E-state index contributed by atoms with van der Waals surface area (Å²) in [5.74, 6) is 3.23. The van der Waals surface area contributed by atoms with Crippen LogP contribution >= 0.6 is 35.3 Å². The zero-order chi connectivity index (χ0) is 33.6. The van der Waals surface area contributed by atoms with Gasteiger partial charge in [0, 0.05) is 51.3 Å². The van der Waals surface area contributed by atoms with E-state index in [1.165, 1.54) is 42.4 Å². The molecule has 5 heteroatoms. The maximum Gasteiger partial charge on any atom is 0.0466 e. The van der Waals surface area contributed by atoms with Gasteiger partial charge < -0.3 is 9.84 Å². The standard InChI is InChI=1S/C28H42OS2.C13H20OS/c1-5-27(3,30-23-25-15-9-7-10-16-25)19-13-21-29-22-14-20-28(4,6-2)31-24-26-17-11-8-12-18-26;1-3-13(2,9-10-14)15-11-12-7-5-4-6-8-12/h7-12,15-18H,5-6,13-14,19-24H2,1-4H3;4-8,14H,3,9-11H2,1-2H3. The summed E-state index contributed by atoms with van der Waals surface area (Å²) in [5.41, 5.74) is 4.21. The zero-order valence-electron chi connectivity index (χ0n) is 29.6. The summed E-state index contributed by atoms with van der Waals surface area (Å²) in [4.78, 5) is 0. The third-order valence-electron chi connectivity index (χ3n) is 9.16. The lowest BCUT2D eigenvalue weighted by molar-refractivity contribution is 0.123. The van der Waals surface area contributed by atoms with Crippen LogP contribution in [0.3, 0.4) is 0 Å². The van der Waals surface area contributed by atoms with E-state index in [4.69, 9.17) is 9.84 Å². The summed E-state index contributed by atoms with van der Waals surface area (Å²) in [5, 5.41) is 9.02. The fourth-order valence-corrected chi connectivity index (χ4v) is 8.53. The van der Waals surface area contributed by atoms with Crippen molar-refractivity contribution < 1.29 is 9.84 Å². The molecule has 0 aliphatic carbocycles. The van der Waals surface area contributed by atoms with E-state index >= 15 is 0 Å². The molecule has 0 fully saturated rings. The molecule has 0 heterocycles. The first-order valence-electron chi connectivity index (χ1n) is 17.4. The number of rotatable bonds is 22. The van der Waals surface area contributed by atoms with Gasteiger partial charge in [0.1, 0.15) is 0 Å². The van der Waals surface area contributed by atoms with E-state index < -0.39 is 0 Å². The molecule has 256 valence electrons. The maximum absolute atomic E-state index is 9.02. The number of benzene rings is 3. The molecule has 3 aromatic rings. The van der Waals surface area contributed by atoms with Crippen LogP contribution in [0.1, 0.15) is 110 Å². The molecule has 46 heavy (non-hydrogen) atoms. The van der Waals surface area contributed by atoms with E-state index in [9.17, 15) is 0 Å². The van der Waals surface area contributed by atoms with Crippen molar-refractivity contribution in [3.05, 3.63) is 108 Å². The van der Waals surface area contributed by atoms with Gasteiger partial charge in [-0.05, 0) is 68.1 Å². The van der Waals surface area contributed by atoms with Gasteiger partial charge in [-0.1, -0.05) is 133 Å². The van der Waals surface area contributed by atoms with Gasteiger partial charge in [-0.25, -0.2) is 0 Å². The van der Waals surface area contributed by atoms with Crippen LogP contribution in [0.4, 0.5) is 0 Å². The summed E-state index contributed by atoms with van der Waals surface area (Å²) in [6.45, 7) is 15.9. The van der Waals surface area contributed by atoms with Crippen molar-refractivity contribution in [2.75, 3.05) is 19.8 Å². The van der Waals surface area contributed by atoms with Crippen LogP contribution in [0.2, 0.25) is 0 Å². The van der Waals surface area contributed by atoms with Crippen molar-refractivity contribution >= 4 is 35.3 Å². The van der Waals surface area contributed by atoms with Crippen molar-refractivity contribution in [2.45, 2.75) is 124 Å². The highest BCUT2D eigenvalue weighted by molar-refractivity contribution is 8.00. The van der Waals surface area contributed by atoms with Gasteiger partial charge in [0.15, 0.2) is 0 Å². The fourth-order valence-electron chi connectivity index (χ4n) is 4.98. The smallest absolute Gasteiger partial charge is 0.0466 e. The normalized spacial score (nSPS) is 15.2. The van der Waals surface area contributed by atoms with Gasteiger partial charge >= 0.3 is 0 Å². The monoisotopic (exact) mass is 682 g/mol. The Morgan fingerprint density at radius 2 is 0.804 bits per heavy atom. The van der Waals surface area contributed by atoms with Gasteiger partial charge in [-0.3, -0.25) is 0 Å². The van der Waals surface area contributed by atoms with Gasteiger partial charge in [0.2, 0.25) is 0 Å². The molecule has 0 saturated heterocycles. The fraction of sp³-hybridized carbons (Fsp3) is 0.561. The Bertz CT molecular complexity index is 1080. The lowest BCUT2D eigenvalue weighted by Crippen LogP contribution is -2.21. The summed E-state index contributed by atoms with van der Waals surface area (Å²) >= 11 is 6.14. The second kappa shape index (κ2) is 23.1. The summed E-state index contributed by atoms with van der Waals surface area (Å²) in [7, 11) is 0. The first-order chi connectivity index (χ1) is 22.2. The molecule has 2 nitrogen and oxygen atoms in total. The quantitative estimate of drug-likeness (QED) is 0.107. The molecule has 0 bridgehead atoms. The minimum Gasteiger partial charge on any atom is -0.396 e. The third-order valence-corrected chi connectivity index (χ3v) is 14.2. The highest BCUT2D eigenvalue weighted by Crippen LogP contribution is 2.37. The van der Waals surface area contributed by atoms with Gasteiger partial charge in [0.05, 0.1) is 0 Å².